The number of hydrogen-bond donors (Lipinski definition) is 1. The molecule has 0 radical (unpaired) electrons. The quantitative estimate of drug-likeness (QED) is 0.887. The number of ether oxygens (including phenoxy) is 1. The zero-order valence-corrected chi connectivity index (χ0v) is 13.9. The van der Waals surface area contributed by atoms with Crippen LogP contribution < -0.4 is 5.32 Å². The van der Waals surface area contributed by atoms with E-state index < -0.39 is 17.2 Å². The first-order chi connectivity index (χ1) is 10.7. The van der Waals surface area contributed by atoms with Gasteiger partial charge in [0.25, 0.3) is 0 Å². The number of hydrogen-bond acceptors (Lipinski definition) is 3. The van der Waals surface area contributed by atoms with Gasteiger partial charge in [0, 0.05) is 30.9 Å². The fraction of sp³-hybridized carbons (Fsp3) is 0.588. The summed E-state index contributed by atoms with van der Waals surface area (Å²) in [6.45, 7) is 6.71. The summed E-state index contributed by atoms with van der Waals surface area (Å²) >= 11 is 0. The number of amides is 1. The molecule has 128 valence electrons. The molecule has 1 amide bonds. The largest absolute Gasteiger partial charge is 0.444 e. The molecule has 1 heterocycles. The molecule has 2 rings (SSSR count). The minimum absolute atomic E-state index is 0.0728. The second kappa shape index (κ2) is 7.15. The van der Waals surface area contributed by atoms with E-state index in [1.165, 1.54) is 12.1 Å². The van der Waals surface area contributed by atoms with Crippen LogP contribution in [0.3, 0.4) is 0 Å². The average molecular weight is 326 g/mol. The van der Waals surface area contributed by atoms with Gasteiger partial charge in [0.2, 0.25) is 0 Å². The fourth-order valence-electron chi connectivity index (χ4n) is 2.62. The summed E-state index contributed by atoms with van der Waals surface area (Å²) in [5, 5.41) is 3.15. The molecule has 1 fully saturated rings. The third-order valence-electron chi connectivity index (χ3n) is 3.61. The Balaban J connectivity index is 1.92. The molecule has 1 atom stereocenters. The monoisotopic (exact) mass is 326 g/mol. The summed E-state index contributed by atoms with van der Waals surface area (Å²) in [6.07, 6.45) is 2.04. The van der Waals surface area contributed by atoms with Gasteiger partial charge in [-0.3, -0.25) is 0 Å². The number of halogens is 2. The van der Waals surface area contributed by atoms with Gasteiger partial charge in [0.15, 0.2) is 0 Å². The number of benzene rings is 1. The van der Waals surface area contributed by atoms with Crippen LogP contribution in [0.15, 0.2) is 18.2 Å². The van der Waals surface area contributed by atoms with E-state index in [4.69, 9.17) is 4.74 Å². The first kappa shape index (κ1) is 17.5. The van der Waals surface area contributed by atoms with Crippen LogP contribution in [0.4, 0.5) is 19.3 Å². The predicted octanol–water partition coefficient (Wildman–Crippen LogP) is 4.17. The van der Waals surface area contributed by atoms with E-state index in [2.05, 4.69) is 5.32 Å². The van der Waals surface area contributed by atoms with Crippen molar-refractivity contribution in [3.8, 4) is 0 Å². The number of likely N-dealkylation sites (tertiary alicyclic amines) is 1. The molecule has 0 saturated carbocycles. The lowest BCUT2D eigenvalue weighted by Gasteiger charge is -2.26. The molecule has 6 heteroatoms. The topological polar surface area (TPSA) is 41.6 Å². The van der Waals surface area contributed by atoms with E-state index in [1.54, 1.807) is 4.90 Å². The van der Waals surface area contributed by atoms with Crippen LogP contribution in [0.2, 0.25) is 0 Å². The van der Waals surface area contributed by atoms with Crippen LogP contribution in [-0.4, -0.2) is 35.7 Å². The number of nitrogens with one attached hydrogen (secondary N) is 1. The van der Waals surface area contributed by atoms with Crippen molar-refractivity contribution in [2.45, 2.75) is 51.7 Å². The molecule has 1 aromatic carbocycles. The molecule has 23 heavy (non-hydrogen) atoms. The maximum atomic E-state index is 13.2. The number of rotatable bonds is 2. The van der Waals surface area contributed by atoms with Crippen molar-refractivity contribution >= 4 is 11.8 Å². The van der Waals surface area contributed by atoms with Gasteiger partial charge in [-0.2, -0.15) is 0 Å². The summed E-state index contributed by atoms with van der Waals surface area (Å²) < 4.78 is 31.9. The Hall–Kier alpha value is -1.85. The molecule has 0 aromatic heterocycles. The molecule has 1 aliphatic rings. The highest BCUT2D eigenvalue weighted by Gasteiger charge is 2.25. The van der Waals surface area contributed by atoms with Gasteiger partial charge < -0.3 is 15.0 Å². The van der Waals surface area contributed by atoms with E-state index in [9.17, 15) is 13.6 Å². The summed E-state index contributed by atoms with van der Waals surface area (Å²) in [6, 6.07) is 3.48. The Bertz CT molecular complexity index is 538. The lowest BCUT2D eigenvalue weighted by atomic mass is 10.1. The van der Waals surface area contributed by atoms with Crippen molar-refractivity contribution < 1.29 is 18.3 Å². The molecule has 1 saturated heterocycles. The van der Waals surface area contributed by atoms with Crippen molar-refractivity contribution in [3.63, 3.8) is 0 Å². The van der Waals surface area contributed by atoms with Gasteiger partial charge in [-0.1, -0.05) is 0 Å². The Morgan fingerprint density at radius 1 is 1.17 bits per heavy atom. The molecule has 0 aliphatic carbocycles. The second-order valence-corrected chi connectivity index (χ2v) is 6.90. The van der Waals surface area contributed by atoms with E-state index >= 15 is 0 Å². The van der Waals surface area contributed by atoms with Crippen LogP contribution in [0.25, 0.3) is 0 Å². The molecule has 1 N–H and O–H groups in total. The normalized spacial score (nSPS) is 19.2. The lowest BCUT2D eigenvalue weighted by molar-refractivity contribution is 0.0256. The highest BCUT2D eigenvalue weighted by molar-refractivity contribution is 5.68. The van der Waals surface area contributed by atoms with Crippen LogP contribution in [0.5, 0.6) is 0 Å². The van der Waals surface area contributed by atoms with Gasteiger partial charge in [0.1, 0.15) is 17.2 Å². The first-order valence-electron chi connectivity index (χ1n) is 7.93. The zero-order chi connectivity index (χ0) is 17.0. The highest BCUT2D eigenvalue weighted by Crippen LogP contribution is 2.20. The smallest absolute Gasteiger partial charge is 0.410 e. The van der Waals surface area contributed by atoms with Crippen LogP contribution in [-0.2, 0) is 4.74 Å². The van der Waals surface area contributed by atoms with Crippen molar-refractivity contribution in [2.24, 2.45) is 0 Å². The lowest BCUT2D eigenvalue weighted by Crippen LogP contribution is -2.37. The predicted molar refractivity (Wildman–Crippen MR) is 85.4 cm³/mol. The van der Waals surface area contributed by atoms with E-state index in [0.717, 1.165) is 18.9 Å². The maximum Gasteiger partial charge on any atom is 0.410 e. The second-order valence-electron chi connectivity index (χ2n) is 6.90. The molecule has 1 unspecified atom stereocenters. The number of nitrogens with zero attached hydrogens (tertiary/aromatic N) is 1. The third kappa shape index (κ3) is 5.69. The fourth-order valence-corrected chi connectivity index (χ4v) is 2.62. The van der Waals surface area contributed by atoms with Crippen molar-refractivity contribution in [2.75, 3.05) is 18.4 Å². The Morgan fingerprint density at radius 3 is 2.43 bits per heavy atom. The summed E-state index contributed by atoms with van der Waals surface area (Å²) in [5.41, 5.74) is -0.0849. The number of carbonyl (C=O) groups excluding carboxylic acids is 1. The van der Waals surface area contributed by atoms with Crippen molar-refractivity contribution in [3.05, 3.63) is 29.8 Å². The Morgan fingerprint density at radius 2 is 1.83 bits per heavy atom. The van der Waals surface area contributed by atoms with Crippen LogP contribution in [0, 0.1) is 11.6 Å². The first-order valence-corrected chi connectivity index (χ1v) is 7.93. The van der Waals surface area contributed by atoms with E-state index in [1.807, 2.05) is 20.8 Å². The minimum Gasteiger partial charge on any atom is -0.444 e. The average Bonchev–Trinajstić information content (AvgIpc) is 2.61. The van der Waals surface area contributed by atoms with E-state index in [-0.39, 0.29) is 12.1 Å². The van der Waals surface area contributed by atoms with Crippen LogP contribution >= 0.6 is 0 Å². The molecule has 0 spiro atoms. The SMILES string of the molecule is CC(C)(C)OC(=O)N1CCCC(Nc2cc(F)cc(F)c2)CC1. The summed E-state index contributed by atoms with van der Waals surface area (Å²) in [4.78, 5) is 13.8. The Kier molecular flexibility index (Phi) is 5.44. The summed E-state index contributed by atoms with van der Waals surface area (Å²) in [5.74, 6) is -1.20. The van der Waals surface area contributed by atoms with Gasteiger partial charge in [-0.05, 0) is 52.2 Å². The van der Waals surface area contributed by atoms with Gasteiger partial charge in [-0.15, -0.1) is 0 Å². The minimum atomic E-state index is -0.600. The van der Waals surface area contributed by atoms with Crippen molar-refractivity contribution in [1.82, 2.24) is 4.90 Å². The van der Waals surface area contributed by atoms with Gasteiger partial charge >= 0.3 is 6.09 Å². The summed E-state index contributed by atoms with van der Waals surface area (Å²) in [7, 11) is 0. The van der Waals surface area contributed by atoms with Crippen molar-refractivity contribution in [1.29, 1.82) is 0 Å². The molecular weight excluding hydrogens is 302 g/mol. The molecular formula is C17H24F2N2O2. The molecule has 1 aliphatic heterocycles. The molecule has 4 nitrogen and oxygen atoms in total. The van der Waals surface area contributed by atoms with Crippen LogP contribution in [0.1, 0.15) is 40.0 Å². The maximum absolute atomic E-state index is 13.2. The number of carbonyl (C=O) groups is 1. The number of anilines is 1. The zero-order valence-electron chi connectivity index (χ0n) is 13.9. The van der Waals surface area contributed by atoms with E-state index in [0.29, 0.717) is 25.2 Å². The highest BCUT2D eigenvalue weighted by atomic mass is 19.1. The molecule has 0 bridgehead atoms. The van der Waals surface area contributed by atoms with Gasteiger partial charge in [-0.25, -0.2) is 13.6 Å². The molecule has 1 aromatic rings. The standard InChI is InChI=1S/C17H24F2N2O2/c1-17(2,3)23-16(22)21-7-4-5-14(6-8-21)20-15-10-12(18)9-13(19)11-15/h9-11,14,20H,4-8H2,1-3H3. The Labute approximate surface area is 135 Å². The third-order valence-corrected chi connectivity index (χ3v) is 3.61. The van der Waals surface area contributed by atoms with Gasteiger partial charge in [0.05, 0.1) is 0 Å².